The molecule has 0 heterocycles. The highest BCUT2D eigenvalue weighted by Crippen LogP contribution is 2.13. The van der Waals surface area contributed by atoms with E-state index in [1.807, 2.05) is 43.3 Å². The van der Waals surface area contributed by atoms with Crippen LogP contribution >= 0.6 is 0 Å². The van der Waals surface area contributed by atoms with Crippen LogP contribution in [0.1, 0.15) is 41.6 Å². The van der Waals surface area contributed by atoms with Crippen LogP contribution in [0.5, 0.6) is 0 Å². The zero-order chi connectivity index (χ0) is 13.5. The maximum Gasteiger partial charge on any atom is 0.162 e. The largest absolute Gasteiger partial charge is 0.294 e. The van der Waals surface area contributed by atoms with Gasteiger partial charge in [0.1, 0.15) is 0 Å². The normalized spacial score (nSPS) is 12.6. The lowest BCUT2D eigenvalue weighted by molar-refractivity contribution is 0.0979. The first kappa shape index (κ1) is 13.4. The Labute approximate surface area is 114 Å². The first-order valence-electron chi connectivity index (χ1n) is 6.73. The van der Waals surface area contributed by atoms with Crippen LogP contribution in [-0.4, -0.2) is 5.78 Å². The predicted molar refractivity (Wildman–Crippen MR) is 78.2 cm³/mol. The third-order valence-electron chi connectivity index (χ3n) is 3.18. The Kier molecular flexibility index (Phi) is 4.75. The molecule has 0 N–H and O–H groups in total. The van der Waals surface area contributed by atoms with E-state index >= 15 is 0 Å². The Morgan fingerprint density at radius 1 is 1.16 bits per heavy atom. The minimum atomic E-state index is 0.239. The predicted octanol–water partition coefficient (Wildman–Crippen LogP) is 4.54. The van der Waals surface area contributed by atoms with E-state index in [0.717, 1.165) is 24.8 Å². The molecule has 19 heavy (non-hydrogen) atoms. The molecule has 0 fully saturated rings. The van der Waals surface area contributed by atoms with Gasteiger partial charge in [-0.2, -0.15) is 0 Å². The molecule has 1 aromatic rings. The summed E-state index contributed by atoms with van der Waals surface area (Å²) < 4.78 is 0. The smallest absolute Gasteiger partial charge is 0.162 e. The van der Waals surface area contributed by atoms with E-state index < -0.39 is 0 Å². The second kappa shape index (κ2) is 6.75. The molecule has 0 unspecified atom stereocenters. The Bertz CT molecular complexity index is 575. The first-order valence-corrected chi connectivity index (χ1v) is 6.73. The van der Waals surface area contributed by atoms with E-state index in [9.17, 15) is 4.79 Å². The molecule has 0 radical (unpaired) electrons. The number of aryl methyl sites for hydroxylation is 1. The van der Waals surface area contributed by atoms with Crippen molar-refractivity contribution in [2.75, 3.05) is 0 Å². The van der Waals surface area contributed by atoms with Gasteiger partial charge in [0.25, 0.3) is 0 Å². The summed E-state index contributed by atoms with van der Waals surface area (Å²) >= 11 is 0. The third-order valence-corrected chi connectivity index (χ3v) is 3.18. The summed E-state index contributed by atoms with van der Waals surface area (Å²) in [7, 11) is 0. The third kappa shape index (κ3) is 4.26. The molecule has 1 aromatic carbocycles. The molecular formula is C18H18O. The molecule has 96 valence electrons. The number of Topliss-reactive ketones (excluding diaryl/α,β-unsaturated/α-hetero) is 1. The Hall–Kier alpha value is -2.07. The Balaban J connectivity index is 1.75. The lowest BCUT2D eigenvalue weighted by atomic mass is 10.0. The lowest BCUT2D eigenvalue weighted by Gasteiger charge is -2.02. The van der Waals surface area contributed by atoms with Crippen molar-refractivity contribution < 1.29 is 4.79 Å². The lowest BCUT2D eigenvalue weighted by Crippen LogP contribution is -1.98. The van der Waals surface area contributed by atoms with Crippen LogP contribution in [0.25, 0.3) is 0 Å². The van der Waals surface area contributed by atoms with Crippen molar-refractivity contribution in [2.24, 2.45) is 0 Å². The van der Waals surface area contributed by atoms with Gasteiger partial charge in [0.15, 0.2) is 5.78 Å². The number of ketones is 1. The van der Waals surface area contributed by atoms with Crippen molar-refractivity contribution in [2.45, 2.75) is 32.6 Å². The number of hydrogen-bond acceptors (Lipinski definition) is 1. The quantitative estimate of drug-likeness (QED) is 0.411. The van der Waals surface area contributed by atoms with Crippen LogP contribution in [0.3, 0.4) is 0 Å². The van der Waals surface area contributed by atoms with Crippen molar-refractivity contribution in [3.63, 3.8) is 0 Å². The molecular weight excluding hydrogens is 232 g/mol. The van der Waals surface area contributed by atoms with Gasteiger partial charge in [0.05, 0.1) is 0 Å². The first-order chi connectivity index (χ1) is 9.25. The van der Waals surface area contributed by atoms with Gasteiger partial charge in [-0.15, -0.1) is 0 Å². The number of unbranched alkanes of at least 4 members (excludes halogenated alkanes) is 1. The zero-order valence-electron chi connectivity index (χ0n) is 11.3. The number of benzene rings is 1. The highest BCUT2D eigenvalue weighted by molar-refractivity contribution is 5.96. The molecule has 0 saturated carbocycles. The minimum absolute atomic E-state index is 0.239. The molecule has 0 aliphatic heterocycles. The van der Waals surface area contributed by atoms with E-state index in [2.05, 4.69) is 17.5 Å². The summed E-state index contributed by atoms with van der Waals surface area (Å²) in [5, 5.41) is 0. The molecule has 0 aromatic heterocycles. The minimum Gasteiger partial charge on any atom is -0.294 e. The molecule has 1 aliphatic carbocycles. The molecule has 1 aliphatic rings. The van der Waals surface area contributed by atoms with Gasteiger partial charge in [-0.05, 0) is 32.3 Å². The average molecular weight is 250 g/mol. The maximum absolute atomic E-state index is 12.0. The molecule has 1 nitrogen and oxygen atoms in total. The van der Waals surface area contributed by atoms with Crippen molar-refractivity contribution in [1.82, 2.24) is 0 Å². The van der Waals surface area contributed by atoms with Gasteiger partial charge in [0.2, 0.25) is 0 Å². The van der Waals surface area contributed by atoms with E-state index in [-0.39, 0.29) is 5.78 Å². The van der Waals surface area contributed by atoms with Gasteiger partial charge in [-0.25, -0.2) is 0 Å². The molecule has 0 saturated heterocycles. The maximum atomic E-state index is 12.0. The van der Waals surface area contributed by atoms with E-state index in [1.54, 1.807) is 0 Å². The number of allylic oxidation sites excluding steroid dienone is 4. The average Bonchev–Trinajstić information content (AvgIpc) is 2.45. The van der Waals surface area contributed by atoms with Crippen molar-refractivity contribution in [1.29, 1.82) is 0 Å². The Morgan fingerprint density at radius 3 is 2.63 bits per heavy atom. The molecule has 0 atom stereocenters. The fourth-order valence-corrected chi connectivity index (χ4v) is 2.02. The summed E-state index contributed by atoms with van der Waals surface area (Å²) in [6.45, 7) is 2.03. The highest BCUT2D eigenvalue weighted by Gasteiger charge is 2.05. The van der Waals surface area contributed by atoms with E-state index in [0.29, 0.717) is 6.42 Å². The number of rotatable bonds is 6. The molecule has 2 rings (SSSR count). The van der Waals surface area contributed by atoms with Crippen LogP contribution in [-0.2, 0) is 0 Å². The van der Waals surface area contributed by atoms with Gasteiger partial charge < -0.3 is 0 Å². The molecule has 1 heteroatoms. The molecule has 0 bridgehead atoms. The number of hydrogen-bond donors (Lipinski definition) is 0. The van der Waals surface area contributed by atoms with Gasteiger partial charge in [-0.3, -0.25) is 4.79 Å². The summed E-state index contributed by atoms with van der Waals surface area (Å²) in [4.78, 5) is 12.0. The number of carbonyl (C=O) groups excluding carboxylic acids is 1. The van der Waals surface area contributed by atoms with Crippen molar-refractivity contribution in [3.8, 4) is 0 Å². The van der Waals surface area contributed by atoms with E-state index in [4.69, 9.17) is 0 Å². The van der Waals surface area contributed by atoms with Crippen LogP contribution in [0.15, 0.2) is 59.5 Å². The van der Waals surface area contributed by atoms with Gasteiger partial charge >= 0.3 is 0 Å². The SMILES string of the molecule is Cc1ccc(C(=O)CCCCC2=C=C=CC=C2)cc1. The van der Waals surface area contributed by atoms with Gasteiger partial charge in [-0.1, -0.05) is 53.4 Å². The fraction of sp³-hybridized carbons (Fsp3) is 0.278. The Morgan fingerprint density at radius 2 is 1.95 bits per heavy atom. The van der Waals surface area contributed by atoms with Gasteiger partial charge in [0, 0.05) is 17.6 Å². The topological polar surface area (TPSA) is 17.1 Å². The van der Waals surface area contributed by atoms with Crippen molar-refractivity contribution in [3.05, 3.63) is 70.7 Å². The zero-order valence-corrected chi connectivity index (χ0v) is 11.3. The van der Waals surface area contributed by atoms with Crippen LogP contribution in [0.2, 0.25) is 0 Å². The van der Waals surface area contributed by atoms with Crippen LogP contribution < -0.4 is 0 Å². The molecule has 0 spiro atoms. The summed E-state index contributed by atoms with van der Waals surface area (Å²) in [6, 6.07) is 7.80. The summed E-state index contributed by atoms with van der Waals surface area (Å²) in [5.41, 5.74) is 9.22. The summed E-state index contributed by atoms with van der Waals surface area (Å²) in [5.74, 6) is 0.239. The van der Waals surface area contributed by atoms with Crippen LogP contribution in [0, 0.1) is 6.92 Å². The standard InChI is InChI=1S/C18H18O/c1-15-11-13-17(14-12-15)18(19)10-6-5-9-16-7-3-2-4-8-16/h2-3,7,11-14H,5-6,9-10H2,1H3. The fourth-order valence-electron chi connectivity index (χ4n) is 2.02. The second-order valence-corrected chi connectivity index (χ2v) is 4.82. The van der Waals surface area contributed by atoms with Crippen LogP contribution in [0.4, 0.5) is 0 Å². The molecule has 0 amide bonds. The van der Waals surface area contributed by atoms with Crippen molar-refractivity contribution >= 4 is 5.78 Å². The summed E-state index contributed by atoms with van der Waals surface area (Å²) in [6.07, 6.45) is 9.42. The van der Waals surface area contributed by atoms with E-state index in [1.165, 1.54) is 11.1 Å². The monoisotopic (exact) mass is 250 g/mol. The number of carbonyl (C=O) groups is 1. The highest BCUT2D eigenvalue weighted by atomic mass is 16.1. The second-order valence-electron chi connectivity index (χ2n) is 4.82.